The van der Waals surface area contributed by atoms with Crippen molar-refractivity contribution in [1.29, 1.82) is 0 Å². The first-order chi connectivity index (χ1) is 8.83. The number of benzene rings is 1. The van der Waals surface area contributed by atoms with Gasteiger partial charge in [0.25, 0.3) is 5.91 Å². The lowest BCUT2D eigenvalue weighted by atomic mass is 10.1. The van der Waals surface area contributed by atoms with Gasteiger partial charge >= 0.3 is 0 Å². The SMILES string of the molecule is Cl.O=C(NC1Cc2ccccc2C1)C1CNCCO1. The van der Waals surface area contributed by atoms with Crippen molar-refractivity contribution in [2.75, 3.05) is 19.7 Å². The Balaban J connectivity index is 0.00000133. The van der Waals surface area contributed by atoms with Crippen LogP contribution in [-0.4, -0.2) is 37.7 Å². The number of carbonyl (C=O) groups excluding carboxylic acids is 1. The lowest BCUT2D eigenvalue weighted by Gasteiger charge is -2.24. The van der Waals surface area contributed by atoms with E-state index in [1.165, 1.54) is 11.1 Å². The fourth-order valence-corrected chi connectivity index (χ4v) is 2.69. The van der Waals surface area contributed by atoms with Crippen molar-refractivity contribution in [2.45, 2.75) is 25.0 Å². The number of fused-ring (bicyclic) bond motifs is 1. The average Bonchev–Trinajstić information content (AvgIpc) is 2.82. The molecule has 0 aromatic heterocycles. The largest absolute Gasteiger partial charge is 0.366 e. The summed E-state index contributed by atoms with van der Waals surface area (Å²) in [6.07, 6.45) is 1.53. The Bertz CT molecular complexity index is 422. The van der Waals surface area contributed by atoms with Gasteiger partial charge in [0.2, 0.25) is 0 Å². The molecule has 1 fully saturated rings. The van der Waals surface area contributed by atoms with E-state index in [0.29, 0.717) is 13.2 Å². The molecule has 19 heavy (non-hydrogen) atoms. The van der Waals surface area contributed by atoms with Crippen molar-refractivity contribution in [3.05, 3.63) is 35.4 Å². The van der Waals surface area contributed by atoms with Crippen LogP contribution in [0.3, 0.4) is 0 Å². The zero-order chi connectivity index (χ0) is 12.4. The number of amides is 1. The summed E-state index contributed by atoms with van der Waals surface area (Å²) in [5.74, 6) is 0.0139. The first-order valence-corrected chi connectivity index (χ1v) is 6.52. The molecule has 0 saturated carbocycles. The molecule has 1 saturated heterocycles. The molecule has 1 unspecified atom stereocenters. The molecule has 0 radical (unpaired) electrons. The standard InChI is InChI=1S/C14H18N2O2.ClH/c17-14(13-9-15-5-6-18-13)16-12-7-10-3-1-2-4-11(10)8-12;/h1-4,12-13,15H,5-9H2,(H,16,17);1H. The topological polar surface area (TPSA) is 50.4 Å². The number of carbonyl (C=O) groups is 1. The predicted molar refractivity (Wildman–Crippen MR) is 75.6 cm³/mol. The molecule has 2 N–H and O–H groups in total. The minimum atomic E-state index is -0.331. The molecular weight excluding hydrogens is 264 g/mol. The van der Waals surface area contributed by atoms with Crippen LogP contribution in [0.5, 0.6) is 0 Å². The van der Waals surface area contributed by atoms with Crippen LogP contribution in [0.1, 0.15) is 11.1 Å². The van der Waals surface area contributed by atoms with Gasteiger partial charge < -0.3 is 15.4 Å². The van der Waals surface area contributed by atoms with Crippen LogP contribution in [-0.2, 0) is 22.4 Å². The van der Waals surface area contributed by atoms with Gasteiger partial charge in [0, 0.05) is 19.1 Å². The molecule has 0 bridgehead atoms. The van der Waals surface area contributed by atoms with E-state index in [1.54, 1.807) is 0 Å². The summed E-state index contributed by atoms with van der Waals surface area (Å²) in [6, 6.07) is 8.61. The van der Waals surface area contributed by atoms with Gasteiger partial charge in [0.15, 0.2) is 0 Å². The van der Waals surface area contributed by atoms with Crippen LogP contribution in [0.4, 0.5) is 0 Å². The first-order valence-electron chi connectivity index (χ1n) is 6.52. The van der Waals surface area contributed by atoms with E-state index in [1.807, 2.05) is 0 Å². The molecule has 1 aromatic carbocycles. The van der Waals surface area contributed by atoms with Crippen molar-refractivity contribution < 1.29 is 9.53 Å². The molecule has 1 heterocycles. The van der Waals surface area contributed by atoms with Gasteiger partial charge in [-0.2, -0.15) is 0 Å². The van der Waals surface area contributed by atoms with Crippen LogP contribution in [0, 0.1) is 0 Å². The van der Waals surface area contributed by atoms with E-state index in [0.717, 1.165) is 19.4 Å². The zero-order valence-electron chi connectivity index (χ0n) is 10.7. The highest BCUT2D eigenvalue weighted by Gasteiger charge is 2.27. The first kappa shape index (κ1) is 14.3. The highest BCUT2D eigenvalue weighted by Crippen LogP contribution is 2.21. The second-order valence-corrected chi connectivity index (χ2v) is 4.95. The summed E-state index contributed by atoms with van der Waals surface area (Å²) in [4.78, 5) is 12.0. The Morgan fingerprint density at radius 2 is 1.95 bits per heavy atom. The van der Waals surface area contributed by atoms with Gasteiger partial charge in [-0.05, 0) is 24.0 Å². The molecule has 1 aliphatic heterocycles. The lowest BCUT2D eigenvalue weighted by Crippen LogP contribution is -2.50. The number of hydrogen-bond acceptors (Lipinski definition) is 3. The third-order valence-electron chi connectivity index (χ3n) is 3.62. The van der Waals surface area contributed by atoms with Crippen LogP contribution < -0.4 is 10.6 Å². The van der Waals surface area contributed by atoms with E-state index in [2.05, 4.69) is 34.9 Å². The maximum atomic E-state index is 12.0. The molecule has 3 rings (SSSR count). The summed E-state index contributed by atoms with van der Waals surface area (Å²) in [5, 5.41) is 6.26. The number of halogens is 1. The monoisotopic (exact) mass is 282 g/mol. The average molecular weight is 283 g/mol. The Morgan fingerprint density at radius 3 is 2.53 bits per heavy atom. The summed E-state index contributed by atoms with van der Waals surface area (Å²) >= 11 is 0. The quantitative estimate of drug-likeness (QED) is 0.839. The number of nitrogens with one attached hydrogen (secondary N) is 2. The summed E-state index contributed by atoms with van der Waals surface area (Å²) in [6.45, 7) is 2.06. The summed E-state index contributed by atoms with van der Waals surface area (Å²) in [7, 11) is 0. The van der Waals surface area contributed by atoms with Crippen LogP contribution in [0.15, 0.2) is 24.3 Å². The third-order valence-corrected chi connectivity index (χ3v) is 3.62. The van der Waals surface area contributed by atoms with Gasteiger partial charge in [-0.15, -0.1) is 12.4 Å². The van der Waals surface area contributed by atoms with Gasteiger partial charge in [-0.1, -0.05) is 24.3 Å². The minimum Gasteiger partial charge on any atom is -0.366 e. The molecular formula is C14H19ClN2O2. The fourth-order valence-electron chi connectivity index (χ4n) is 2.69. The smallest absolute Gasteiger partial charge is 0.250 e. The van der Waals surface area contributed by atoms with E-state index in [-0.39, 0.29) is 30.5 Å². The molecule has 1 amide bonds. The molecule has 4 nitrogen and oxygen atoms in total. The van der Waals surface area contributed by atoms with Crippen LogP contribution >= 0.6 is 12.4 Å². The van der Waals surface area contributed by atoms with Crippen molar-refractivity contribution in [3.63, 3.8) is 0 Å². The zero-order valence-corrected chi connectivity index (χ0v) is 11.5. The minimum absolute atomic E-state index is 0. The second-order valence-electron chi connectivity index (χ2n) is 4.95. The van der Waals surface area contributed by atoms with E-state index >= 15 is 0 Å². The lowest BCUT2D eigenvalue weighted by molar-refractivity contribution is -0.134. The number of ether oxygens (including phenoxy) is 1. The predicted octanol–water partition coefficient (Wildman–Crippen LogP) is 0.680. The molecule has 1 atom stereocenters. The van der Waals surface area contributed by atoms with Crippen LogP contribution in [0.25, 0.3) is 0 Å². The Kier molecular flexibility index (Phi) is 4.80. The molecule has 2 aliphatic rings. The molecule has 104 valence electrons. The summed E-state index contributed by atoms with van der Waals surface area (Å²) in [5.41, 5.74) is 2.70. The number of hydrogen-bond donors (Lipinski definition) is 2. The molecule has 1 aliphatic carbocycles. The molecule has 1 aromatic rings. The highest BCUT2D eigenvalue weighted by atomic mass is 35.5. The maximum Gasteiger partial charge on any atom is 0.250 e. The van der Waals surface area contributed by atoms with E-state index in [9.17, 15) is 4.79 Å². The fraction of sp³-hybridized carbons (Fsp3) is 0.500. The van der Waals surface area contributed by atoms with Gasteiger partial charge in [0.05, 0.1) is 6.61 Å². The van der Waals surface area contributed by atoms with Crippen molar-refractivity contribution >= 4 is 18.3 Å². The molecule has 0 spiro atoms. The molecule has 5 heteroatoms. The van der Waals surface area contributed by atoms with Gasteiger partial charge in [-0.3, -0.25) is 4.79 Å². The summed E-state index contributed by atoms with van der Waals surface area (Å²) < 4.78 is 5.45. The number of rotatable bonds is 2. The Hall–Kier alpha value is -1.10. The Morgan fingerprint density at radius 1 is 1.26 bits per heavy atom. The van der Waals surface area contributed by atoms with Gasteiger partial charge in [-0.25, -0.2) is 0 Å². The van der Waals surface area contributed by atoms with Gasteiger partial charge in [0.1, 0.15) is 6.10 Å². The van der Waals surface area contributed by atoms with Crippen LogP contribution in [0.2, 0.25) is 0 Å². The van der Waals surface area contributed by atoms with Crippen molar-refractivity contribution in [1.82, 2.24) is 10.6 Å². The number of morpholine rings is 1. The normalized spacial score (nSPS) is 22.4. The second kappa shape index (κ2) is 6.37. The van der Waals surface area contributed by atoms with E-state index < -0.39 is 0 Å². The van der Waals surface area contributed by atoms with E-state index in [4.69, 9.17) is 4.74 Å². The highest BCUT2D eigenvalue weighted by molar-refractivity contribution is 5.85. The van der Waals surface area contributed by atoms with Crippen molar-refractivity contribution in [2.24, 2.45) is 0 Å². The third kappa shape index (κ3) is 3.26. The van der Waals surface area contributed by atoms with Crippen molar-refractivity contribution in [3.8, 4) is 0 Å². The Labute approximate surface area is 119 Å². The maximum absolute atomic E-state index is 12.0.